The van der Waals surface area contributed by atoms with Crippen LogP contribution in [0.4, 0.5) is 0 Å². The molecule has 3 amide bonds. The second-order valence-corrected chi connectivity index (χ2v) is 3.25. The van der Waals surface area contributed by atoms with Gasteiger partial charge in [0.25, 0.3) is 5.91 Å². The van der Waals surface area contributed by atoms with Crippen LogP contribution in [0, 0.1) is 5.92 Å². The van der Waals surface area contributed by atoms with Crippen molar-refractivity contribution in [1.29, 1.82) is 0 Å². The lowest BCUT2D eigenvalue weighted by Gasteiger charge is -2.15. The topological polar surface area (TPSA) is 99.3 Å². The van der Waals surface area contributed by atoms with Crippen LogP contribution in [0.25, 0.3) is 0 Å². The zero-order valence-electron chi connectivity index (χ0n) is 9.72. The van der Waals surface area contributed by atoms with Gasteiger partial charge in [-0.15, -0.1) is 0 Å². The van der Waals surface area contributed by atoms with Crippen molar-refractivity contribution in [3.05, 3.63) is 0 Å². The van der Waals surface area contributed by atoms with Crippen LogP contribution >= 0.6 is 0 Å². The molecule has 0 fully saturated rings. The van der Waals surface area contributed by atoms with Crippen molar-refractivity contribution in [2.24, 2.45) is 5.92 Å². The molecule has 7 nitrogen and oxygen atoms in total. The summed E-state index contributed by atoms with van der Waals surface area (Å²) in [6.07, 6.45) is 1.11. The maximum absolute atomic E-state index is 11.5. The van der Waals surface area contributed by atoms with Gasteiger partial charge < -0.3 is 0 Å². The van der Waals surface area contributed by atoms with Gasteiger partial charge in [-0.1, -0.05) is 13.3 Å². The van der Waals surface area contributed by atoms with E-state index < -0.39 is 23.6 Å². The predicted molar refractivity (Wildman–Crippen MR) is 57.6 cm³/mol. The van der Waals surface area contributed by atoms with Gasteiger partial charge in [-0.25, -0.2) is 5.43 Å². The third kappa shape index (κ3) is 5.30. The van der Waals surface area contributed by atoms with Gasteiger partial charge in [0.1, 0.15) is 5.92 Å². The fourth-order valence-corrected chi connectivity index (χ4v) is 1.12. The van der Waals surface area contributed by atoms with Gasteiger partial charge in [0.15, 0.2) is 0 Å². The summed E-state index contributed by atoms with van der Waals surface area (Å²) in [6.45, 7) is 3.13. The smallest absolute Gasteiger partial charge is 0.251 e. The molecule has 0 heterocycles. The van der Waals surface area contributed by atoms with Crippen molar-refractivity contribution < 1.29 is 14.4 Å². The van der Waals surface area contributed by atoms with Gasteiger partial charge >= 0.3 is 0 Å². The molecule has 0 saturated carbocycles. The molecule has 4 N–H and O–H groups in total. The molecule has 0 saturated heterocycles. The van der Waals surface area contributed by atoms with E-state index in [0.29, 0.717) is 12.8 Å². The Bertz CT molecular complexity index is 267. The average Bonchev–Trinajstić information content (AvgIpc) is 2.22. The van der Waals surface area contributed by atoms with Crippen LogP contribution in [-0.4, -0.2) is 24.8 Å². The maximum atomic E-state index is 11.5. The lowest BCUT2D eigenvalue weighted by atomic mass is 10.0. The Labute approximate surface area is 94.3 Å². The van der Waals surface area contributed by atoms with E-state index in [1.807, 2.05) is 6.92 Å². The van der Waals surface area contributed by atoms with Crippen LogP contribution in [0.3, 0.4) is 0 Å². The Hall–Kier alpha value is -1.63. The zero-order chi connectivity index (χ0) is 12.6. The number of carbonyl (C=O) groups excluding carboxylic acids is 3. The van der Waals surface area contributed by atoms with E-state index in [2.05, 4.69) is 21.7 Å². The fraction of sp³-hybridized carbons (Fsp3) is 0.667. The van der Waals surface area contributed by atoms with E-state index in [9.17, 15) is 14.4 Å². The van der Waals surface area contributed by atoms with Gasteiger partial charge in [-0.05, 0) is 6.42 Å². The Morgan fingerprint density at radius 3 is 2.06 bits per heavy atom. The number of hydrogen-bond acceptors (Lipinski definition) is 4. The predicted octanol–water partition coefficient (Wildman–Crippen LogP) is -1.18. The van der Waals surface area contributed by atoms with E-state index in [1.165, 1.54) is 14.0 Å². The largest absolute Gasteiger partial charge is 0.291 e. The molecule has 1 unspecified atom stereocenters. The summed E-state index contributed by atoms with van der Waals surface area (Å²) < 4.78 is 0. The molecule has 7 heteroatoms. The lowest BCUT2D eigenvalue weighted by Crippen LogP contribution is -2.49. The second kappa shape index (κ2) is 7.63. The van der Waals surface area contributed by atoms with Crippen LogP contribution in [0.1, 0.15) is 26.7 Å². The number of nitrogens with one attached hydrogen (secondary N) is 4. The first-order valence-electron chi connectivity index (χ1n) is 5.06. The first-order chi connectivity index (χ1) is 7.52. The van der Waals surface area contributed by atoms with Crippen molar-refractivity contribution in [1.82, 2.24) is 21.7 Å². The van der Waals surface area contributed by atoms with Gasteiger partial charge in [0.05, 0.1) is 0 Å². The van der Waals surface area contributed by atoms with Crippen molar-refractivity contribution in [2.75, 3.05) is 7.05 Å². The van der Waals surface area contributed by atoms with Crippen LogP contribution in [0.2, 0.25) is 0 Å². The fourth-order valence-electron chi connectivity index (χ4n) is 1.12. The molecule has 0 aromatic carbocycles. The van der Waals surface area contributed by atoms with Crippen molar-refractivity contribution in [3.8, 4) is 0 Å². The lowest BCUT2D eigenvalue weighted by molar-refractivity contribution is -0.138. The number of rotatable bonds is 5. The summed E-state index contributed by atoms with van der Waals surface area (Å²) in [6, 6.07) is 0. The van der Waals surface area contributed by atoms with Gasteiger partial charge in [0.2, 0.25) is 11.8 Å². The minimum absolute atomic E-state index is 0.391. The average molecular weight is 230 g/mol. The second-order valence-electron chi connectivity index (χ2n) is 3.25. The van der Waals surface area contributed by atoms with Crippen LogP contribution < -0.4 is 21.7 Å². The third-order valence-corrected chi connectivity index (χ3v) is 1.82. The molecule has 0 bridgehead atoms. The summed E-state index contributed by atoms with van der Waals surface area (Å²) >= 11 is 0. The molecule has 16 heavy (non-hydrogen) atoms. The van der Waals surface area contributed by atoms with Crippen LogP contribution in [0.15, 0.2) is 0 Å². The first kappa shape index (κ1) is 14.4. The molecular formula is C9H18N4O3. The van der Waals surface area contributed by atoms with Gasteiger partial charge in [-0.3, -0.25) is 30.7 Å². The molecule has 0 aliphatic heterocycles. The van der Waals surface area contributed by atoms with E-state index in [4.69, 9.17) is 0 Å². The molecule has 0 radical (unpaired) electrons. The van der Waals surface area contributed by atoms with Crippen molar-refractivity contribution >= 4 is 17.7 Å². The highest BCUT2D eigenvalue weighted by Crippen LogP contribution is 2.05. The Morgan fingerprint density at radius 1 is 1.06 bits per heavy atom. The molecule has 0 aliphatic carbocycles. The molecule has 0 aromatic heterocycles. The summed E-state index contributed by atoms with van der Waals surface area (Å²) in [5.74, 6) is -2.15. The van der Waals surface area contributed by atoms with E-state index in [1.54, 1.807) is 0 Å². The van der Waals surface area contributed by atoms with Crippen molar-refractivity contribution in [2.45, 2.75) is 26.7 Å². The number of hydrogen-bond donors (Lipinski definition) is 4. The highest BCUT2D eigenvalue weighted by molar-refractivity contribution is 6.00. The minimum atomic E-state index is -0.815. The highest BCUT2D eigenvalue weighted by atomic mass is 16.2. The molecule has 1 atom stereocenters. The molecule has 0 rings (SSSR count). The highest BCUT2D eigenvalue weighted by Gasteiger charge is 2.25. The third-order valence-electron chi connectivity index (χ3n) is 1.82. The SMILES string of the molecule is CCCC(C(=O)NNC)C(=O)NNC(C)=O. The molecule has 0 spiro atoms. The molecule has 92 valence electrons. The van der Waals surface area contributed by atoms with E-state index >= 15 is 0 Å². The zero-order valence-corrected chi connectivity index (χ0v) is 9.72. The Kier molecular flexibility index (Phi) is 6.86. The maximum Gasteiger partial charge on any atom is 0.251 e. The monoisotopic (exact) mass is 230 g/mol. The summed E-state index contributed by atoms with van der Waals surface area (Å²) in [4.78, 5) is 33.6. The quantitative estimate of drug-likeness (QED) is 0.353. The summed E-state index contributed by atoms with van der Waals surface area (Å²) in [7, 11) is 1.53. The van der Waals surface area contributed by atoms with Gasteiger partial charge in [-0.2, -0.15) is 0 Å². The Morgan fingerprint density at radius 2 is 1.62 bits per heavy atom. The minimum Gasteiger partial charge on any atom is -0.291 e. The summed E-state index contributed by atoms with van der Waals surface area (Å²) in [5.41, 5.74) is 9.12. The number of amides is 3. The van der Waals surface area contributed by atoms with Gasteiger partial charge in [0, 0.05) is 14.0 Å². The normalized spacial score (nSPS) is 11.4. The Balaban J connectivity index is 4.33. The molecule has 0 aromatic rings. The van der Waals surface area contributed by atoms with Crippen molar-refractivity contribution in [3.63, 3.8) is 0 Å². The number of hydrazine groups is 2. The van der Waals surface area contributed by atoms with E-state index in [-0.39, 0.29) is 0 Å². The molecule has 0 aliphatic rings. The molecular weight excluding hydrogens is 212 g/mol. The summed E-state index contributed by atoms with van der Waals surface area (Å²) in [5, 5.41) is 0. The van der Waals surface area contributed by atoms with Crippen LogP contribution in [-0.2, 0) is 14.4 Å². The standard InChI is InChI=1S/C9H18N4O3/c1-4-5-7(8(15)12-10-3)9(16)13-11-6(2)14/h7,10H,4-5H2,1-3H3,(H,11,14)(H,12,15)(H,13,16). The van der Waals surface area contributed by atoms with Crippen LogP contribution in [0.5, 0.6) is 0 Å². The first-order valence-corrected chi connectivity index (χ1v) is 5.06. The van der Waals surface area contributed by atoms with E-state index in [0.717, 1.165) is 0 Å². The number of carbonyl (C=O) groups is 3.